The maximum absolute atomic E-state index is 12.9. The van der Waals surface area contributed by atoms with Crippen molar-refractivity contribution in [3.05, 3.63) is 45.8 Å². The van der Waals surface area contributed by atoms with E-state index in [1.165, 1.54) is 11.3 Å². The van der Waals surface area contributed by atoms with Gasteiger partial charge in [0.2, 0.25) is 5.91 Å². The third kappa shape index (κ3) is 5.34. The van der Waals surface area contributed by atoms with E-state index in [0.29, 0.717) is 28.4 Å². The van der Waals surface area contributed by atoms with Crippen molar-refractivity contribution in [2.24, 2.45) is 5.92 Å². The number of carbonyl (C=O) groups is 3. The largest absolute Gasteiger partial charge is 0.462 e. The third-order valence-corrected chi connectivity index (χ3v) is 6.86. The van der Waals surface area contributed by atoms with Crippen molar-refractivity contribution < 1.29 is 19.1 Å². The lowest BCUT2D eigenvalue weighted by Gasteiger charge is -2.13. The number of aryl methyl sites for hydroxylation is 1. The zero-order valence-electron chi connectivity index (χ0n) is 18.4. The first-order valence-corrected chi connectivity index (χ1v) is 11.8. The molecule has 0 spiro atoms. The minimum absolute atomic E-state index is 0.00885. The van der Waals surface area contributed by atoms with E-state index in [1.54, 1.807) is 31.2 Å². The maximum Gasteiger partial charge on any atom is 0.341 e. The Kier molecular flexibility index (Phi) is 7.85. The molecule has 0 fully saturated rings. The van der Waals surface area contributed by atoms with Gasteiger partial charge in [0.1, 0.15) is 5.00 Å². The van der Waals surface area contributed by atoms with E-state index in [-0.39, 0.29) is 23.7 Å². The van der Waals surface area contributed by atoms with Gasteiger partial charge in [-0.1, -0.05) is 13.8 Å². The number of hydrogen-bond acceptors (Lipinski definition) is 5. The second-order valence-corrected chi connectivity index (χ2v) is 8.77. The number of esters is 1. The van der Waals surface area contributed by atoms with Gasteiger partial charge in [0.15, 0.2) is 0 Å². The number of fused-ring (bicyclic) bond motifs is 1. The third-order valence-electron chi connectivity index (χ3n) is 5.65. The quantitative estimate of drug-likeness (QED) is 0.534. The molecule has 1 aromatic carbocycles. The molecule has 166 valence electrons. The lowest BCUT2D eigenvalue weighted by molar-refractivity contribution is -0.120. The van der Waals surface area contributed by atoms with Crippen LogP contribution in [0.5, 0.6) is 0 Å². The SMILES string of the molecule is CCOC(=O)c1c(NC(=O)c2ccc(NC(=O)C(CC)CC)cc2)sc2c1CCCC2. The van der Waals surface area contributed by atoms with E-state index in [4.69, 9.17) is 4.74 Å². The summed E-state index contributed by atoms with van der Waals surface area (Å²) in [5.74, 6) is -0.696. The topological polar surface area (TPSA) is 84.5 Å². The molecule has 3 rings (SSSR count). The van der Waals surface area contributed by atoms with Crippen molar-refractivity contribution >= 4 is 39.8 Å². The monoisotopic (exact) mass is 442 g/mol. The van der Waals surface area contributed by atoms with Crippen molar-refractivity contribution in [3.8, 4) is 0 Å². The molecule has 0 aliphatic heterocycles. The van der Waals surface area contributed by atoms with Crippen molar-refractivity contribution in [2.45, 2.75) is 59.3 Å². The molecule has 31 heavy (non-hydrogen) atoms. The predicted octanol–water partition coefficient (Wildman–Crippen LogP) is 5.43. The zero-order valence-corrected chi connectivity index (χ0v) is 19.2. The number of nitrogens with one attached hydrogen (secondary N) is 2. The Morgan fingerprint density at radius 1 is 1.00 bits per heavy atom. The van der Waals surface area contributed by atoms with Crippen LogP contribution in [0.25, 0.3) is 0 Å². The van der Waals surface area contributed by atoms with Gasteiger partial charge in [-0.15, -0.1) is 11.3 Å². The number of ether oxygens (including phenoxy) is 1. The average Bonchev–Trinajstić information content (AvgIpc) is 3.13. The van der Waals surface area contributed by atoms with Crippen LogP contribution in [-0.2, 0) is 22.4 Å². The number of anilines is 2. The summed E-state index contributed by atoms with van der Waals surface area (Å²) in [5.41, 5.74) is 2.64. The summed E-state index contributed by atoms with van der Waals surface area (Å²) in [4.78, 5) is 38.8. The van der Waals surface area contributed by atoms with Gasteiger partial charge >= 0.3 is 5.97 Å². The minimum atomic E-state index is -0.378. The van der Waals surface area contributed by atoms with Gasteiger partial charge in [-0.25, -0.2) is 4.79 Å². The van der Waals surface area contributed by atoms with Crippen LogP contribution in [0.3, 0.4) is 0 Å². The highest BCUT2D eigenvalue weighted by Crippen LogP contribution is 2.38. The molecule has 2 N–H and O–H groups in total. The molecular formula is C24H30N2O4S. The number of thiophene rings is 1. The van der Waals surface area contributed by atoms with Gasteiger partial charge in [-0.2, -0.15) is 0 Å². The van der Waals surface area contributed by atoms with E-state index in [2.05, 4.69) is 10.6 Å². The molecule has 0 saturated carbocycles. The Morgan fingerprint density at radius 3 is 2.32 bits per heavy atom. The Morgan fingerprint density at radius 2 is 1.68 bits per heavy atom. The molecule has 2 aromatic rings. The summed E-state index contributed by atoms with van der Waals surface area (Å²) in [6.07, 6.45) is 5.46. The summed E-state index contributed by atoms with van der Waals surface area (Å²) >= 11 is 1.47. The van der Waals surface area contributed by atoms with Crippen LogP contribution in [0.1, 0.15) is 77.6 Å². The summed E-state index contributed by atoms with van der Waals surface area (Å²) in [6, 6.07) is 6.80. The molecular weight excluding hydrogens is 412 g/mol. The first-order valence-electron chi connectivity index (χ1n) is 11.0. The maximum atomic E-state index is 12.9. The molecule has 0 saturated heterocycles. The molecule has 1 aliphatic rings. The zero-order chi connectivity index (χ0) is 22.4. The molecule has 2 amide bonds. The van der Waals surface area contributed by atoms with Crippen molar-refractivity contribution in [3.63, 3.8) is 0 Å². The molecule has 1 aromatic heterocycles. The summed E-state index contributed by atoms with van der Waals surface area (Å²) in [6.45, 7) is 6.06. The van der Waals surface area contributed by atoms with Gasteiger partial charge < -0.3 is 15.4 Å². The fourth-order valence-electron chi connectivity index (χ4n) is 3.86. The standard InChI is InChI=1S/C24H30N2O4S/c1-4-15(5-2)21(27)25-17-13-11-16(12-14-17)22(28)26-23-20(24(29)30-6-3)18-9-7-8-10-19(18)31-23/h11-15H,4-10H2,1-3H3,(H,25,27)(H,26,28). The number of rotatable bonds is 8. The van der Waals surface area contributed by atoms with Crippen LogP contribution in [-0.4, -0.2) is 24.4 Å². The lowest BCUT2D eigenvalue weighted by atomic mass is 9.95. The van der Waals surface area contributed by atoms with E-state index in [9.17, 15) is 14.4 Å². The highest BCUT2D eigenvalue weighted by Gasteiger charge is 2.27. The van der Waals surface area contributed by atoms with Crippen LogP contribution < -0.4 is 10.6 Å². The Hall–Kier alpha value is -2.67. The van der Waals surface area contributed by atoms with E-state index < -0.39 is 0 Å². The van der Waals surface area contributed by atoms with Gasteiger partial charge in [-0.3, -0.25) is 9.59 Å². The molecule has 0 atom stereocenters. The van der Waals surface area contributed by atoms with E-state index in [1.807, 2.05) is 13.8 Å². The summed E-state index contributed by atoms with van der Waals surface area (Å²) < 4.78 is 5.25. The Bertz CT molecular complexity index is 945. The molecule has 0 bridgehead atoms. The van der Waals surface area contributed by atoms with Crippen LogP contribution in [0.2, 0.25) is 0 Å². The molecule has 6 nitrogen and oxygen atoms in total. The van der Waals surface area contributed by atoms with Gasteiger partial charge in [0.05, 0.1) is 12.2 Å². The first kappa shape index (κ1) is 23.0. The van der Waals surface area contributed by atoms with E-state index >= 15 is 0 Å². The first-order chi connectivity index (χ1) is 15.0. The fourth-order valence-corrected chi connectivity index (χ4v) is 5.13. The van der Waals surface area contributed by atoms with Crippen LogP contribution >= 0.6 is 11.3 Å². The smallest absolute Gasteiger partial charge is 0.341 e. The second kappa shape index (κ2) is 10.6. The second-order valence-electron chi connectivity index (χ2n) is 7.67. The van der Waals surface area contributed by atoms with Crippen LogP contribution in [0.4, 0.5) is 10.7 Å². The highest BCUT2D eigenvalue weighted by atomic mass is 32.1. The van der Waals surface area contributed by atoms with E-state index in [0.717, 1.165) is 49.0 Å². The Balaban J connectivity index is 1.75. The van der Waals surface area contributed by atoms with Crippen LogP contribution in [0, 0.1) is 5.92 Å². The van der Waals surface area contributed by atoms with Gasteiger partial charge in [0.25, 0.3) is 5.91 Å². The van der Waals surface area contributed by atoms with Crippen molar-refractivity contribution in [2.75, 3.05) is 17.2 Å². The van der Waals surface area contributed by atoms with Gasteiger partial charge in [-0.05, 0) is 75.3 Å². The van der Waals surface area contributed by atoms with Gasteiger partial charge in [0, 0.05) is 22.0 Å². The minimum Gasteiger partial charge on any atom is -0.462 e. The van der Waals surface area contributed by atoms with Crippen molar-refractivity contribution in [1.82, 2.24) is 0 Å². The lowest BCUT2D eigenvalue weighted by Crippen LogP contribution is -2.21. The number of benzene rings is 1. The molecule has 1 heterocycles. The molecule has 0 radical (unpaired) electrons. The number of hydrogen-bond donors (Lipinski definition) is 2. The highest BCUT2D eigenvalue weighted by molar-refractivity contribution is 7.17. The molecule has 7 heteroatoms. The normalized spacial score (nSPS) is 12.9. The predicted molar refractivity (Wildman–Crippen MR) is 124 cm³/mol. The summed E-state index contributed by atoms with van der Waals surface area (Å²) in [5, 5.41) is 6.37. The summed E-state index contributed by atoms with van der Waals surface area (Å²) in [7, 11) is 0. The Labute approximate surface area is 187 Å². The average molecular weight is 443 g/mol. The van der Waals surface area contributed by atoms with Crippen molar-refractivity contribution in [1.29, 1.82) is 0 Å². The van der Waals surface area contributed by atoms with Crippen LogP contribution in [0.15, 0.2) is 24.3 Å². The number of carbonyl (C=O) groups excluding carboxylic acids is 3. The number of amides is 2. The fraction of sp³-hybridized carbons (Fsp3) is 0.458. The molecule has 0 unspecified atom stereocenters. The molecule has 1 aliphatic carbocycles.